The fraction of sp³-hybridized carbons (Fsp3) is 0.235. The summed E-state index contributed by atoms with van der Waals surface area (Å²) in [5.41, 5.74) is 0.874. The lowest BCUT2D eigenvalue weighted by Crippen LogP contribution is -2.10. The monoisotopic (exact) mass is 360 g/mol. The fourth-order valence-electron chi connectivity index (χ4n) is 1.96. The summed E-state index contributed by atoms with van der Waals surface area (Å²) in [5.74, 6) is 1.74. The predicted molar refractivity (Wildman–Crippen MR) is 90.5 cm³/mol. The molecule has 1 aromatic carbocycles. The van der Waals surface area contributed by atoms with Crippen LogP contribution in [0.5, 0.6) is 11.5 Å². The first-order valence-electron chi connectivity index (χ1n) is 7.52. The lowest BCUT2D eigenvalue weighted by Gasteiger charge is -2.06. The van der Waals surface area contributed by atoms with Crippen LogP contribution < -0.4 is 9.47 Å². The van der Waals surface area contributed by atoms with Crippen molar-refractivity contribution in [3.63, 3.8) is 0 Å². The Morgan fingerprint density at radius 1 is 1.20 bits per heavy atom. The molecule has 0 amide bonds. The maximum absolute atomic E-state index is 11.7. The lowest BCUT2D eigenvalue weighted by atomic mass is 10.3. The van der Waals surface area contributed by atoms with Gasteiger partial charge in [-0.1, -0.05) is 5.16 Å². The maximum Gasteiger partial charge on any atom is 0.309 e. The number of hydrogen-bond acceptors (Lipinski definition) is 8. The third-order valence-electron chi connectivity index (χ3n) is 3.24. The van der Waals surface area contributed by atoms with E-state index in [9.17, 15) is 4.79 Å². The van der Waals surface area contributed by atoms with Crippen molar-refractivity contribution in [1.82, 2.24) is 10.1 Å². The van der Waals surface area contributed by atoms with Crippen molar-refractivity contribution in [2.45, 2.75) is 13.0 Å². The topological polar surface area (TPSA) is 83.7 Å². The van der Waals surface area contributed by atoms with Crippen LogP contribution in [0.25, 0.3) is 11.4 Å². The van der Waals surface area contributed by atoms with E-state index in [4.69, 9.17) is 18.7 Å². The highest BCUT2D eigenvalue weighted by Gasteiger charge is 2.11. The molecule has 0 atom stereocenters. The van der Waals surface area contributed by atoms with Gasteiger partial charge in [-0.2, -0.15) is 16.3 Å². The molecule has 0 aliphatic rings. The van der Waals surface area contributed by atoms with Gasteiger partial charge < -0.3 is 18.7 Å². The molecule has 0 aliphatic heterocycles. The molecule has 3 rings (SSSR count). The third-order valence-corrected chi connectivity index (χ3v) is 3.92. The van der Waals surface area contributed by atoms with Gasteiger partial charge in [0.25, 0.3) is 5.89 Å². The standard InChI is InChI=1S/C17H16N2O5S/c1-21-13-2-4-14(5-3-13)22-8-6-16(20)23-10-15-18-17(19-24-15)12-7-9-25-11-12/h2-5,7,9,11H,6,8,10H2,1H3. The van der Waals surface area contributed by atoms with Crippen molar-refractivity contribution in [1.29, 1.82) is 0 Å². The van der Waals surface area contributed by atoms with Gasteiger partial charge in [-0.15, -0.1) is 0 Å². The van der Waals surface area contributed by atoms with Crippen LogP contribution in [-0.4, -0.2) is 29.8 Å². The molecule has 130 valence electrons. The molecule has 2 heterocycles. The largest absolute Gasteiger partial charge is 0.497 e. The molecule has 25 heavy (non-hydrogen) atoms. The number of carbonyl (C=O) groups is 1. The van der Waals surface area contributed by atoms with Crippen molar-refractivity contribution < 1.29 is 23.5 Å². The van der Waals surface area contributed by atoms with E-state index in [-0.39, 0.29) is 25.5 Å². The van der Waals surface area contributed by atoms with Gasteiger partial charge >= 0.3 is 5.97 Å². The Morgan fingerprint density at radius 2 is 2.00 bits per heavy atom. The Balaban J connectivity index is 1.39. The van der Waals surface area contributed by atoms with Gasteiger partial charge in [0.05, 0.1) is 20.1 Å². The van der Waals surface area contributed by atoms with Crippen LogP contribution in [-0.2, 0) is 16.1 Å². The van der Waals surface area contributed by atoms with Crippen molar-refractivity contribution in [2.24, 2.45) is 0 Å². The molecule has 2 aromatic heterocycles. The minimum Gasteiger partial charge on any atom is -0.497 e. The summed E-state index contributed by atoms with van der Waals surface area (Å²) in [6.45, 7) is 0.160. The van der Waals surface area contributed by atoms with E-state index in [2.05, 4.69) is 10.1 Å². The van der Waals surface area contributed by atoms with E-state index in [1.165, 1.54) is 0 Å². The summed E-state index contributed by atoms with van der Waals surface area (Å²) in [5, 5.41) is 7.69. The molecule has 0 saturated carbocycles. The number of nitrogens with zero attached hydrogens (tertiary/aromatic N) is 2. The second-order valence-corrected chi connectivity index (χ2v) is 5.74. The normalized spacial score (nSPS) is 10.4. The molecule has 0 aliphatic carbocycles. The van der Waals surface area contributed by atoms with E-state index in [0.717, 1.165) is 11.3 Å². The van der Waals surface area contributed by atoms with Crippen molar-refractivity contribution in [3.05, 3.63) is 47.0 Å². The Bertz CT molecular complexity index is 799. The van der Waals surface area contributed by atoms with Crippen LogP contribution in [0.15, 0.2) is 45.6 Å². The zero-order valence-corrected chi connectivity index (χ0v) is 14.3. The first-order valence-corrected chi connectivity index (χ1v) is 8.46. The summed E-state index contributed by atoms with van der Waals surface area (Å²) < 4.78 is 20.7. The first kappa shape index (κ1) is 17.0. The summed E-state index contributed by atoms with van der Waals surface area (Å²) in [6, 6.07) is 9.01. The van der Waals surface area contributed by atoms with Gasteiger partial charge in [0.15, 0.2) is 6.61 Å². The number of benzene rings is 1. The number of rotatable bonds is 8. The number of carbonyl (C=O) groups excluding carboxylic acids is 1. The van der Waals surface area contributed by atoms with Crippen LogP contribution in [0.2, 0.25) is 0 Å². The molecule has 7 nitrogen and oxygen atoms in total. The van der Waals surface area contributed by atoms with Crippen LogP contribution in [0.1, 0.15) is 12.3 Å². The molecule has 0 radical (unpaired) electrons. The molecular weight excluding hydrogens is 344 g/mol. The van der Waals surface area contributed by atoms with Crippen LogP contribution in [0, 0.1) is 0 Å². The number of methoxy groups -OCH3 is 1. The quantitative estimate of drug-likeness (QED) is 0.570. The highest BCUT2D eigenvalue weighted by atomic mass is 32.1. The number of thiophene rings is 1. The first-order chi connectivity index (χ1) is 12.2. The second kappa shape index (κ2) is 8.29. The van der Waals surface area contributed by atoms with E-state index in [1.807, 2.05) is 16.8 Å². The van der Waals surface area contributed by atoms with E-state index >= 15 is 0 Å². The SMILES string of the molecule is COc1ccc(OCCC(=O)OCc2nc(-c3ccsc3)no2)cc1. The van der Waals surface area contributed by atoms with Gasteiger partial charge in [0, 0.05) is 10.9 Å². The molecule has 0 saturated heterocycles. The molecule has 0 bridgehead atoms. The third kappa shape index (κ3) is 4.80. The molecule has 0 spiro atoms. The van der Waals surface area contributed by atoms with Gasteiger partial charge in [0.1, 0.15) is 11.5 Å². The van der Waals surface area contributed by atoms with Gasteiger partial charge in [-0.3, -0.25) is 4.79 Å². The molecule has 0 unspecified atom stereocenters. The number of ether oxygens (including phenoxy) is 3. The summed E-state index contributed by atoms with van der Waals surface area (Å²) >= 11 is 1.54. The molecule has 8 heteroatoms. The number of esters is 1. The molecular formula is C17H16N2O5S. The highest BCUT2D eigenvalue weighted by Crippen LogP contribution is 2.19. The van der Waals surface area contributed by atoms with Gasteiger partial charge in [-0.05, 0) is 35.7 Å². The van der Waals surface area contributed by atoms with Crippen molar-refractivity contribution in [3.8, 4) is 22.9 Å². The smallest absolute Gasteiger partial charge is 0.309 e. The van der Waals surface area contributed by atoms with Gasteiger partial charge in [-0.25, -0.2) is 0 Å². The Morgan fingerprint density at radius 3 is 2.72 bits per heavy atom. The van der Waals surface area contributed by atoms with Gasteiger partial charge in [0.2, 0.25) is 5.82 Å². The maximum atomic E-state index is 11.7. The van der Waals surface area contributed by atoms with Crippen LogP contribution in [0.3, 0.4) is 0 Å². The summed E-state index contributed by atoms with van der Waals surface area (Å²) in [4.78, 5) is 15.9. The number of aromatic nitrogens is 2. The van der Waals surface area contributed by atoms with E-state index in [1.54, 1.807) is 42.7 Å². The second-order valence-electron chi connectivity index (χ2n) is 4.96. The lowest BCUT2D eigenvalue weighted by molar-refractivity contribution is -0.146. The Hall–Kier alpha value is -2.87. The Labute approximate surface area is 148 Å². The van der Waals surface area contributed by atoms with Crippen molar-refractivity contribution >= 4 is 17.3 Å². The number of hydrogen-bond donors (Lipinski definition) is 0. The minimum absolute atomic E-state index is 0.0570. The molecule has 0 fully saturated rings. The minimum atomic E-state index is -0.399. The van der Waals surface area contributed by atoms with Crippen molar-refractivity contribution in [2.75, 3.05) is 13.7 Å². The average molecular weight is 360 g/mol. The van der Waals surface area contributed by atoms with Crippen LogP contribution >= 0.6 is 11.3 Å². The fourth-order valence-corrected chi connectivity index (χ4v) is 2.60. The summed E-state index contributed by atoms with van der Waals surface area (Å²) in [7, 11) is 1.60. The molecule has 0 N–H and O–H groups in total. The summed E-state index contributed by atoms with van der Waals surface area (Å²) in [6.07, 6.45) is 0.123. The zero-order valence-electron chi connectivity index (χ0n) is 13.5. The van der Waals surface area contributed by atoms with E-state index in [0.29, 0.717) is 11.6 Å². The average Bonchev–Trinajstić information content (AvgIpc) is 3.32. The van der Waals surface area contributed by atoms with E-state index < -0.39 is 5.97 Å². The Kier molecular flexibility index (Phi) is 5.63. The van der Waals surface area contributed by atoms with Crippen LogP contribution in [0.4, 0.5) is 0 Å². The highest BCUT2D eigenvalue weighted by molar-refractivity contribution is 7.08. The molecule has 3 aromatic rings. The predicted octanol–water partition coefficient (Wildman–Crippen LogP) is 3.32. The zero-order chi connectivity index (χ0) is 17.5.